The van der Waals surface area contributed by atoms with Crippen LogP contribution in [0.4, 0.5) is 0 Å². The number of hydrogen-bond donors (Lipinski definition) is 0. The summed E-state index contributed by atoms with van der Waals surface area (Å²) in [6.45, 7) is 0. The second kappa shape index (κ2) is 29.0. The van der Waals surface area contributed by atoms with Crippen LogP contribution in [0, 0.1) is 0 Å². The zero-order valence-corrected chi connectivity index (χ0v) is 12.4. The van der Waals surface area contributed by atoms with E-state index in [1.165, 1.54) is 0 Å². The maximum Gasteiger partial charge on any atom is 3.00 e. The normalized spacial score (nSPS) is 0. The van der Waals surface area contributed by atoms with Gasteiger partial charge in [-0.15, -0.1) is 0 Å². The minimum atomic E-state index is 0. The Hall–Kier alpha value is 2.83. The summed E-state index contributed by atoms with van der Waals surface area (Å²) in [6.07, 6.45) is 0. The second-order valence-electron chi connectivity index (χ2n) is 0. The van der Waals surface area contributed by atoms with Crippen LogP contribution < -0.4 is 0 Å². The molecule has 0 radical (unpaired) electrons. The van der Waals surface area contributed by atoms with Crippen LogP contribution in [0.2, 0.25) is 0 Å². The first kappa shape index (κ1) is 45.6. The quantitative estimate of drug-likeness (QED) is 0.434. The van der Waals surface area contributed by atoms with Crippen LogP contribution in [0.1, 0.15) is 0 Å². The predicted octanol–water partition coefficient (Wildman–Crippen LogP) is -1.90. The molecule has 0 aromatic rings. The summed E-state index contributed by atoms with van der Waals surface area (Å²) in [5.74, 6) is 0. The van der Waals surface area contributed by atoms with Crippen molar-refractivity contribution in [1.29, 1.82) is 0 Å². The van der Waals surface area contributed by atoms with E-state index in [0.29, 0.717) is 0 Å². The molecule has 0 fully saturated rings. The van der Waals surface area contributed by atoms with Gasteiger partial charge in [0.05, 0.1) is 0 Å². The van der Waals surface area contributed by atoms with E-state index in [-0.39, 0.29) is 90.8 Å². The molecule has 5 heteroatoms. The monoisotopic (exact) mass is 378 g/mol. The van der Waals surface area contributed by atoms with Crippen LogP contribution in [0.15, 0.2) is 0 Å². The Bertz CT molecular complexity index is 4.85. The van der Waals surface area contributed by atoms with Gasteiger partial charge in [-0.25, -0.2) is 0 Å². The van der Waals surface area contributed by atoms with E-state index >= 15 is 0 Å². The Kier molecular flexibility index (Phi) is 264. The molecule has 0 amide bonds. The summed E-state index contributed by atoms with van der Waals surface area (Å²) in [5, 5.41) is 0. The van der Waals surface area contributed by atoms with E-state index in [0.717, 1.165) is 0 Å². The van der Waals surface area contributed by atoms with Gasteiger partial charge in [-0.2, -0.15) is 0 Å². The Morgan fingerprint density at radius 1 is 0.400 bits per heavy atom. The fourth-order valence-corrected chi connectivity index (χ4v) is 0. The molecular weight excluding hydrogens is 376 g/mol. The third-order valence-corrected chi connectivity index (χ3v) is 0. The molecule has 0 saturated heterocycles. The predicted molar refractivity (Wildman–Crippen MR) is 28.8 cm³/mol. The van der Waals surface area contributed by atoms with Crippen LogP contribution in [-0.4, -0.2) is 90.8 Å². The molecule has 0 spiro atoms. The Labute approximate surface area is 89.5 Å². The standard InChI is InChI=1S/2Ga.3Se/q2*+3;3*-2. The molecule has 0 aliphatic carbocycles. The van der Waals surface area contributed by atoms with Gasteiger partial charge in [0, 0.05) is 0 Å². The fraction of sp³-hybridized carbons (Fsp3) is 0. The first-order valence-electron chi connectivity index (χ1n) is 0. The van der Waals surface area contributed by atoms with E-state index in [9.17, 15) is 0 Å². The van der Waals surface area contributed by atoms with Crippen molar-refractivity contribution in [3.63, 3.8) is 0 Å². The minimum Gasteiger partial charge on any atom is -2.00 e. The van der Waals surface area contributed by atoms with Crippen LogP contribution in [-0.2, 0) is 0 Å². The molecule has 0 atom stereocenters. The Morgan fingerprint density at radius 3 is 0.400 bits per heavy atom. The first-order chi connectivity index (χ1) is 0. The van der Waals surface area contributed by atoms with Gasteiger partial charge in [-0.05, 0) is 0 Å². The number of hydrogen-bond acceptors (Lipinski definition) is 0. The molecule has 5 heavy (non-hydrogen) atoms. The van der Waals surface area contributed by atoms with Crippen molar-refractivity contribution in [2.45, 2.75) is 0 Å². The zero-order chi connectivity index (χ0) is 0. The van der Waals surface area contributed by atoms with Crippen LogP contribution >= 0.6 is 0 Å². The molecule has 0 nitrogen and oxygen atoms in total. The van der Waals surface area contributed by atoms with Crippen LogP contribution in [0.3, 0.4) is 0 Å². The van der Waals surface area contributed by atoms with Gasteiger partial charge in [0.2, 0.25) is 0 Å². The summed E-state index contributed by atoms with van der Waals surface area (Å²) < 4.78 is 0. The summed E-state index contributed by atoms with van der Waals surface area (Å²) >= 11 is 0. The molecule has 0 aromatic heterocycles. The first-order valence-corrected chi connectivity index (χ1v) is 0. The molecule has 0 aliphatic rings. The molecule has 0 bridgehead atoms. The summed E-state index contributed by atoms with van der Waals surface area (Å²) in [4.78, 5) is 0. The molecule has 0 heterocycles. The third-order valence-electron chi connectivity index (χ3n) is 0. The van der Waals surface area contributed by atoms with Crippen molar-refractivity contribution in [3.8, 4) is 0 Å². The van der Waals surface area contributed by atoms with Crippen molar-refractivity contribution >= 4 is 90.8 Å². The summed E-state index contributed by atoms with van der Waals surface area (Å²) in [5.41, 5.74) is 0. The zero-order valence-electron chi connectivity index (χ0n) is 2.38. The molecule has 0 saturated carbocycles. The molecule has 24 valence electrons. The van der Waals surface area contributed by atoms with Crippen molar-refractivity contribution in [2.24, 2.45) is 0 Å². The molecular formula is Ga2Se3. The van der Waals surface area contributed by atoms with E-state index in [4.69, 9.17) is 0 Å². The maximum absolute atomic E-state index is 0. The van der Waals surface area contributed by atoms with Gasteiger partial charge in [0.15, 0.2) is 0 Å². The van der Waals surface area contributed by atoms with Crippen molar-refractivity contribution < 1.29 is 0 Å². The van der Waals surface area contributed by atoms with E-state index < -0.39 is 0 Å². The maximum atomic E-state index is 0. The largest absolute Gasteiger partial charge is 3.00 e. The SMILES string of the molecule is [Ga+3].[Ga+3].[Se-2].[Se-2].[Se-2]. The van der Waals surface area contributed by atoms with Gasteiger partial charge >= 0.3 is 39.6 Å². The van der Waals surface area contributed by atoms with Crippen molar-refractivity contribution in [1.82, 2.24) is 0 Å². The average Bonchev–Trinajstić information content (AvgIpc) is 0. The van der Waals surface area contributed by atoms with Gasteiger partial charge in [-0.1, -0.05) is 0 Å². The second-order valence-corrected chi connectivity index (χ2v) is 0. The Balaban J connectivity index is 0. The average molecular weight is 376 g/mol. The molecule has 0 aromatic carbocycles. The molecule has 0 aliphatic heterocycles. The topological polar surface area (TPSA) is 0 Å². The van der Waals surface area contributed by atoms with Crippen molar-refractivity contribution in [3.05, 3.63) is 0 Å². The van der Waals surface area contributed by atoms with Gasteiger partial charge in [0.25, 0.3) is 0 Å². The Morgan fingerprint density at radius 2 is 0.400 bits per heavy atom. The van der Waals surface area contributed by atoms with E-state index in [1.54, 1.807) is 0 Å². The van der Waals surface area contributed by atoms with Crippen LogP contribution in [0.25, 0.3) is 0 Å². The van der Waals surface area contributed by atoms with E-state index in [2.05, 4.69) is 0 Å². The molecule has 0 rings (SSSR count). The molecule has 0 N–H and O–H groups in total. The van der Waals surface area contributed by atoms with Gasteiger partial charge in [-0.3, -0.25) is 0 Å². The van der Waals surface area contributed by atoms with Gasteiger partial charge in [0.1, 0.15) is 0 Å². The summed E-state index contributed by atoms with van der Waals surface area (Å²) in [7, 11) is 0. The summed E-state index contributed by atoms with van der Waals surface area (Å²) in [6, 6.07) is 0. The van der Waals surface area contributed by atoms with Gasteiger partial charge < -0.3 is 51.2 Å². The number of rotatable bonds is 0. The van der Waals surface area contributed by atoms with E-state index in [1.807, 2.05) is 0 Å². The third kappa shape index (κ3) is 19.9. The smallest absolute Gasteiger partial charge is 2.00 e. The molecule has 0 unspecified atom stereocenters. The minimum absolute atomic E-state index is 0. The van der Waals surface area contributed by atoms with Crippen LogP contribution in [0.5, 0.6) is 0 Å². The fourth-order valence-electron chi connectivity index (χ4n) is 0. The van der Waals surface area contributed by atoms with Crippen molar-refractivity contribution in [2.75, 3.05) is 0 Å².